The number of aromatic nitrogens is 2. The van der Waals surface area contributed by atoms with Crippen LogP contribution >= 0.6 is 11.9 Å². The topological polar surface area (TPSA) is 29.9 Å². The highest BCUT2D eigenvalue weighted by molar-refractivity contribution is 7.98. The second kappa shape index (κ2) is 4.36. The summed E-state index contributed by atoms with van der Waals surface area (Å²) in [5.41, 5.74) is 0. The van der Waals surface area contributed by atoms with Crippen molar-refractivity contribution >= 4 is 11.9 Å². The van der Waals surface area contributed by atoms with Crippen molar-refractivity contribution < 1.29 is 0 Å². The fraction of sp³-hybridized carbons (Fsp3) is 0.700. The highest BCUT2D eigenvalue weighted by Crippen LogP contribution is 2.23. The Balaban J connectivity index is 2.51. The lowest BCUT2D eigenvalue weighted by Crippen LogP contribution is -2.21. The molecule has 0 saturated carbocycles. The molecule has 1 rings (SSSR count). The largest absolute Gasteiger partial charge is 0.337 e. The maximum Gasteiger partial charge on any atom is 0.126 e. The van der Waals surface area contributed by atoms with Crippen molar-refractivity contribution in [3.63, 3.8) is 0 Å². The molecule has 0 spiro atoms. The molecule has 0 radical (unpaired) electrons. The van der Waals surface area contributed by atoms with Gasteiger partial charge >= 0.3 is 0 Å². The van der Waals surface area contributed by atoms with E-state index >= 15 is 0 Å². The van der Waals surface area contributed by atoms with Gasteiger partial charge in [-0.15, -0.1) is 0 Å². The molecule has 1 N–H and O–H groups in total. The lowest BCUT2D eigenvalue weighted by Gasteiger charge is -2.21. The number of nitrogens with zero attached hydrogens (tertiary/aromatic N) is 2. The van der Waals surface area contributed by atoms with Crippen LogP contribution in [0, 0.1) is 0 Å². The highest BCUT2D eigenvalue weighted by atomic mass is 32.2. The van der Waals surface area contributed by atoms with Crippen LogP contribution in [0.1, 0.15) is 39.6 Å². The van der Waals surface area contributed by atoms with Crippen LogP contribution in [-0.2, 0) is 7.05 Å². The van der Waals surface area contributed by atoms with Gasteiger partial charge in [0, 0.05) is 24.2 Å². The molecule has 1 aromatic rings. The van der Waals surface area contributed by atoms with Gasteiger partial charge in [0.2, 0.25) is 0 Å². The third-order valence-corrected chi connectivity index (χ3v) is 2.87. The van der Waals surface area contributed by atoms with Gasteiger partial charge in [-0.05, 0) is 27.7 Å². The Labute approximate surface area is 90.4 Å². The Bertz CT molecular complexity index is 288. The van der Waals surface area contributed by atoms with Crippen LogP contribution < -0.4 is 4.72 Å². The second-order valence-electron chi connectivity index (χ2n) is 4.45. The first-order chi connectivity index (χ1) is 6.40. The number of hydrogen-bond donors (Lipinski definition) is 1. The van der Waals surface area contributed by atoms with E-state index in [9.17, 15) is 0 Å². The van der Waals surface area contributed by atoms with Crippen molar-refractivity contribution in [3.8, 4) is 0 Å². The number of rotatable bonds is 3. The van der Waals surface area contributed by atoms with Gasteiger partial charge in [0.15, 0.2) is 0 Å². The molecule has 0 bridgehead atoms. The molecule has 4 heteroatoms. The summed E-state index contributed by atoms with van der Waals surface area (Å²) in [6, 6.07) is 0.277. The fourth-order valence-electron chi connectivity index (χ4n) is 1.11. The quantitative estimate of drug-likeness (QED) is 0.782. The Morgan fingerprint density at radius 1 is 1.50 bits per heavy atom. The minimum atomic E-state index is 0.236. The summed E-state index contributed by atoms with van der Waals surface area (Å²) in [5.74, 6) is 1.07. The SMILES string of the molecule is CC(NSC(C)(C)C)c1nccn1C. The first-order valence-electron chi connectivity index (χ1n) is 4.81. The number of hydrogen-bond acceptors (Lipinski definition) is 3. The Hall–Kier alpha value is -0.480. The van der Waals surface area contributed by atoms with Crippen molar-refractivity contribution in [3.05, 3.63) is 18.2 Å². The van der Waals surface area contributed by atoms with Crippen LogP contribution in [0.2, 0.25) is 0 Å². The first kappa shape index (κ1) is 11.6. The molecule has 1 heterocycles. The lowest BCUT2D eigenvalue weighted by molar-refractivity contribution is 0.642. The summed E-state index contributed by atoms with van der Waals surface area (Å²) in [6.07, 6.45) is 3.80. The summed E-state index contributed by atoms with van der Waals surface area (Å²) >= 11 is 1.75. The van der Waals surface area contributed by atoms with Crippen LogP contribution in [-0.4, -0.2) is 14.3 Å². The van der Waals surface area contributed by atoms with Crippen molar-refractivity contribution in [2.75, 3.05) is 0 Å². The van der Waals surface area contributed by atoms with E-state index in [-0.39, 0.29) is 10.8 Å². The summed E-state index contributed by atoms with van der Waals surface area (Å²) in [4.78, 5) is 4.30. The summed E-state index contributed by atoms with van der Waals surface area (Å²) in [7, 11) is 2.02. The van der Waals surface area contributed by atoms with Crippen LogP contribution in [0.5, 0.6) is 0 Å². The van der Waals surface area contributed by atoms with Gasteiger partial charge < -0.3 is 4.57 Å². The van der Waals surface area contributed by atoms with E-state index in [2.05, 4.69) is 37.4 Å². The molecule has 1 unspecified atom stereocenters. The molecular formula is C10H19N3S. The smallest absolute Gasteiger partial charge is 0.126 e. The van der Waals surface area contributed by atoms with Gasteiger partial charge in [-0.1, -0.05) is 11.9 Å². The molecule has 0 aliphatic carbocycles. The molecule has 1 aromatic heterocycles. The summed E-state index contributed by atoms with van der Waals surface area (Å²) in [6.45, 7) is 8.70. The van der Waals surface area contributed by atoms with Crippen LogP contribution in [0.3, 0.4) is 0 Å². The van der Waals surface area contributed by atoms with Gasteiger partial charge in [0.25, 0.3) is 0 Å². The van der Waals surface area contributed by atoms with Crippen LogP contribution in [0.4, 0.5) is 0 Å². The van der Waals surface area contributed by atoms with Crippen molar-refractivity contribution in [1.82, 2.24) is 14.3 Å². The molecule has 1 atom stereocenters. The summed E-state index contributed by atoms with van der Waals surface area (Å²) in [5, 5.41) is 0. The molecule has 0 aliphatic heterocycles. The average Bonchev–Trinajstić information content (AvgIpc) is 2.46. The van der Waals surface area contributed by atoms with Crippen LogP contribution in [0.15, 0.2) is 12.4 Å². The molecule has 3 nitrogen and oxygen atoms in total. The molecular weight excluding hydrogens is 194 g/mol. The number of nitrogens with one attached hydrogen (secondary N) is 1. The van der Waals surface area contributed by atoms with Gasteiger partial charge in [0.1, 0.15) is 5.82 Å². The predicted molar refractivity (Wildman–Crippen MR) is 62.1 cm³/mol. The van der Waals surface area contributed by atoms with Gasteiger partial charge in [-0.3, -0.25) is 4.72 Å². The zero-order chi connectivity index (χ0) is 10.8. The first-order valence-corrected chi connectivity index (χ1v) is 5.62. The monoisotopic (exact) mass is 213 g/mol. The third kappa shape index (κ3) is 3.35. The predicted octanol–water partition coefficient (Wildman–Crippen LogP) is 2.52. The van der Waals surface area contributed by atoms with E-state index in [4.69, 9.17) is 0 Å². The van der Waals surface area contributed by atoms with Crippen molar-refractivity contribution in [1.29, 1.82) is 0 Å². The standard InChI is InChI=1S/C10H19N3S/c1-8(12-14-10(2,3)4)9-11-6-7-13(9)5/h6-8,12H,1-5H3. The van der Waals surface area contributed by atoms with E-state index in [1.54, 1.807) is 11.9 Å². The number of aryl methyl sites for hydroxylation is 1. The Morgan fingerprint density at radius 2 is 2.14 bits per heavy atom. The average molecular weight is 213 g/mol. The van der Waals surface area contributed by atoms with Crippen molar-refractivity contribution in [2.45, 2.75) is 38.5 Å². The minimum absolute atomic E-state index is 0.236. The Kier molecular flexibility index (Phi) is 3.61. The molecule has 80 valence electrons. The number of imidazole rings is 1. The van der Waals surface area contributed by atoms with Crippen LogP contribution in [0.25, 0.3) is 0 Å². The maximum atomic E-state index is 4.30. The molecule has 0 aromatic carbocycles. The minimum Gasteiger partial charge on any atom is -0.337 e. The van der Waals surface area contributed by atoms with Gasteiger partial charge in [-0.25, -0.2) is 4.98 Å². The van der Waals surface area contributed by atoms with Gasteiger partial charge in [-0.2, -0.15) is 0 Å². The normalized spacial score (nSPS) is 14.4. The van der Waals surface area contributed by atoms with E-state index < -0.39 is 0 Å². The second-order valence-corrected chi connectivity index (χ2v) is 6.11. The molecule has 14 heavy (non-hydrogen) atoms. The Morgan fingerprint density at radius 3 is 2.57 bits per heavy atom. The van der Waals surface area contributed by atoms with E-state index in [0.717, 1.165) is 5.82 Å². The van der Waals surface area contributed by atoms with E-state index in [1.165, 1.54) is 0 Å². The fourth-order valence-corrected chi connectivity index (χ4v) is 1.75. The highest BCUT2D eigenvalue weighted by Gasteiger charge is 2.15. The zero-order valence-corrected chi connectivity index (χ0v) is 10.4. The molecule has 0 aliphatic rings. The van der Waals surface area contributed by atoms with Crippen molar-refractivity contribution in [2.24, 2.45) is 7.05 Å². The lowest BCUT2D eigenvalue weighted by atomic mass is 10.3. The maximum absolute atomic E-state index is 4.30. The third-order valence-electron chi connectivity index (χ3n) is 1.79. The van der Waals surface area contributed by atoms with E-state index in [0.29, 0.717) is 0 Å². The summed E-state index contributed by atoms with van der Waals surface area (Å²) < 4.78 is 5.68. The zero-order valence-electron chi connectivity index (χ0n) is 9.53. The molecule has 0 fully saturated rings. The van der Waals surface area contributed by atoms with E-state index in [1.807, 2.05) is 24.0 Å². The molecule has 0 saturated heterocycles. The van der Waals surface area contributed by atoms with Gasteiger partial charge in [0.05, 0.1) is 6.04 Å². The molecule has 0 amide bonds.